The Morgan fingerprint density at radius 1 is 1.04 bits per heavy atom. The highest BCUT2D eigenvalue weighted by atomic mass is 19.1. The number of amides is 1. The topological polar surface area (TPSA) is 56.8 Å². The van der Waals surface area contributed by atoms with Crippen LogP contribution in [0.3, 0.4) is 0 Å². The van der Waals surface area contributed by atoms with Crippen molar-refractivity contribution in [3.63, 3.8) is 0 Å². The van der Waals surface area contributed by atoms with Crippen LogP contribution < -0.4 is 19.5 Å². The second-order valence-corrected chi connectivity index (χ2v) is 5.62. The third-order valence-corrected chi connectivity index (χ3v) is 3.74. The minimum atomic E-state index is -0.283. The predicted octanol–water partition coefficient (Wildman–Crippen LogP) is 3.19. The van der Waals surface area contributed by atoms with Gasteiger partial charge >= 0.3 is 0 Å². The van der Waals surface area contributed by atoms with Crippen LogP contribution in [-0.2, 0) is 0 Å². The first-order valence-corrected chi connectivity index (χ1v) is 8.28. The van der Waals surface area contributed by atoms with Crippen LogP contribution in [0.15, 0.2) is 42.5 Å². The summed E-state index contributed by atoms with van der Waals surface area (Å²) in [6, 6.07) is 11.1. The highest BCUT2D eigenvalue weighted by Crippen LogP contribution is 2.30. The van der Waals surface area contributed by atoms with Crippen molar-refractivity contribution in [2.75, 3.05) is 26.4 Å². The Labute approximate surface area is 145 Å². The van der Waals surface area contributed by atoms with Gasteiger partial charge in [0.1, 0.15) is 24.8 Å². The molecule has 1 aliphatic heterocycles. The first kappa shape index (κ1) is 17.1. The Bertz CT molecular complexity index is 718. The summed E-state index contributed by atoms with van der Waals surface area (Å²) >= 11 is 0. The summed E-state index contributed by atoms with van der Waals surface area (Å²) in [6.07, 6.45) is 1.58. The summed E-state index contributed by atoms with van der Waals surface area (Å²) in [6.45, 7) is 2.09. The van der Waals surface area contributed by atoms with Crippen LogP contribution in [0.25, 0.3) is 0 Å². The highest BCUT2D eigenvalue weighted by Gasteiger charge is 2.14. The number of rotatable bonds is 7. The molecule has 0 spiro atoms. The van der Waals surface area contributed by atoms with E-state index in [4.69, 9.17) is 14.2 Å². The molecule has 0 saturated carbocycles. The molecule has 0 aliphatic carbocycles. The number of benzene rings is 2. The zero-order chi connectivity index (χ0) is 17.5. The van der Waals surface area contributed by atoms with Crippen LogP contribution in [-0.4, -0.2) is 32.3 Å². The third-order valence-electron chi connectivity index (χ3n) is 3.74. The smallest absolute Gasteiger partial charge is 0.251 e. The Morgan fingerprint density at radius 3 is 2.60 bits per heavy atom. The summed E-state index contributed by atoms with van der Waals surface area (Å²) in [5.41, 5.74) is 0.548. The van der Waals surface area contributed by atoms with Gasteiger partial charge in [0.15, 0.2) is 11.5 Å². The van der Waals surface area contributed by atoms with E-state index in [1.165, 1.54) is 12.1 Å². The van der Waals surface area contributed by atoms with Gasteiger partial charge < -0.3 is 19.5 Å². The molecule has 0 atom stereocenters. The molecule has 3 rings (SSSR count). The number of ether oxygens (including phenoxy) is 3. The van der Waals surface area contributed by atoms with E-state index in [1.54, 1.807) is 30.3 Å². The molecule has 2 aromatic carbocycles. The molecule has 0 unspecified atom stereocenters. The maximum absolute atomic E-state index is 12.8. The number of carbonyl (C=O) groups excluding carboxylic acids is 1. The Hall–Kier alpha value is -2.76. The van der Waals surface area contributed by atoms with Crippen molar-refractivity contribution >= 4 is 5.91 Å². The average molecular weight is 345 g/mol. The zero-order valence-corrected chi connectivity index (χ0v) is 13.8. The van der Waals surface area contributed by atoms with Crippen molar-refractivity contribution in [2.45, 2.75) is 12.8 Å². The second kappa shape index (κ2) is 8.37. The Balaban J connectivity index is 1.36. The van der Waals surface area contributed by atoms with Gasteiger partial charge in [-0.2, -0.15) is 0 Å². The van der Waals surface area contributed by atoms with Crippen molar-refractivity contribution in [3.8, 4) is 17.2 Å². The van der Waals surface area contributed by atoms with Crippen LogP contribution in [0.5, 0.6) is 17.2 Å². The molecule has 2 aromatic rings. The van der Waals surface area contributed by atoms with E-state index in [1.807, 2.05) is 0 Å². The molecule has 0 aromatic heterocycles. The normalized spacial score (nSPS) is 12.5. The molecule has 0 radical (unpaired) electrons. The van der Waals surface area contributed by atoms with Gasteiger partial charge in [-0.15, -0.1) is 0 Å². The minimum absolute atomic E-state index is 0.142. The van der Waals surface area contributed by atoms with Gasteiger partial charge in [0.05, 0.1) is 6.61 Å². The molecule has 6 heteroatoms. The van der Waals surface area contributed by atoms with E-state index < -0.39 is 0 Å². The average Bonchev–Trinajstić information content (AvgIpc) is 2.65. The number of halogens is 1. The van der Waals surface area contributed by atoms with Crippen LogP contribution >= 0.6 is 0 Å². The van der Waals surface area contributed by atoms with Gasteiger partial charge in [-0.05, 0) is 55.3 Å². The van der Waals surface area contributed by atoms with Gasteiger partial charge in [-0.1, -0.05) is 0 Å². The first-order valence-electron chi connectivity index (χ1n) is 8.28. The molecule has 1 aliphatic rings. The summed E-state index contributed by atoms with van der Waals surface area (Å²) in [5.74, 6) is 1.49. The van der Waals surface area contributed by atoms with Crippen molar-refractivity contribution in [2.24, 2.45) is 0 Å². The van der Waals surface area contributed by atoms with Crippen molar-refractivity contribution in [1.29, 1.82) is 0 Å². The van der Waals surface area contributed by atoms with Crippen LogP contribution in [0, 0.1) is 5.82 Å². The lowest BCUT2D eigenvalue weighted by Gasteiger charge is -2.18. The van der Waals surface area contributed by atoms with Gasteiger partial charge in [-0.3, -0.25) is 4.79 Å². The first-order chi connectivity index (χ1) is 12.2. The molecule has 25 heavy (non-hydrogen) atoms. The molecular weight excluding hydrogens is 325 g/mol. The molecule has 1 amide bonds. The standard InChI is InChI=1S/C19H20FNO4/c20-15-4-6-16(7-5-15)23-10-2-1-9-21-19(22)14-3-8-17-18(13-14)25-12-11-24-17/h3-8,13H,1-2,9-12H2,(H,21,22). The fourth-order valence-corrected chi connectivity index (χ4v) is 2.44. The zero-order valence-electron chi connectivity index (χ0n) is 13.8. The van der Waals surface area contributed by atoms with Gasteiger partial charge in [0.25, 0.3) is 5.91 Å². The third kappa shape index (κ3) is 4.86. The van der Waals surface area contributed by atoms with Crippen LogP contribution in [0.4, 0.5) is 4.39 Å². The molecule has 0 fully saturated rings. The Morgan fingerprint density at radius 2 is 1.80 bits per heavy atom. The van der Waals surface area contributed by atoms with Gasteiger partial charge in [0.2, 0.25) is 0 Å². The maximum Gasteiger partial charge on any atom is 0.251 e. The molecule has 1 N–H and O–H groups in total. The van der Waals surface area contributed by atoms with E-state index in [2.05, 4.69) is 5.32 Å². The van der Waals surface area contributed by atoms with E-state index in [9.17, 15) is 9.18 Å². The van der Waals surface area contributed by atoms with Crippen molar-refractivity contribution < 1.29 is 23.4 Å². The second-order valence-electron chi connectivity index (χ2n) is 5.62. The highest BCUT2D eigenvalue weighted by molar-refractivity contribution is 5.94. The van der Waals surface area contributed by atoms with E-state index in [0.29, 0.717) is 49.2 Å². The number of nitrogens with one attached hydrogen (secondary N) is 1. The fraction of sp³-hybridized carbons (Fsp3) is 0.316. The predicted molar refractivity (Wildman–Crippen MR) is 90.9 cm³/mol. The molecule has 132 valence electrons. The number of fused-ring (bicyclic) bond motifs is 1. The summed E-state index contributed by atoms with van der Waals surface area (Å²) in [7, 11) is 0. The number of hydrogen-bond donors (Lipinski definition) is 1. The lowest BCUT2D eigenvalue weighted by Crippen LogP contribution is -2.25. The number of hydrogen-bond acceptors (Lipinski definition) is 4. The van der Waals surface area contributed by atoms with Crippen LogP contribution in [0.2, 0.25) is 0 Å². The summed E-state index contributed by atoms with van der Waals surface area (Å²) in [5, 5.41) is 2.87. The number of unbranched alkanes of at least 4 members (excludes halogenated alkanes) is 1. The molecular formula is C19H20FNO4. The fourth-order valence-electron chi connectivity index (χ4n) is 2.44. The molecule has 5 nitrogen and oxygen atoms in total. The van der Waals surface area contributed by atoms with Gasteiger partial charge in [0, 0.05) is 12.1 Å². The van der Waals surface area contributed by atoms with E-state index in [0.717, 1.165) is 12.8 Å². The molecule has 0 saturated heterocycles. The van der Waals surface area contributed by atoms with Crippen molar-refractivity contribution in [3.05, 3.63) is 53.8 Å². The van der Waals surface area contributed by atoms with Crippen LogP contribution in [0.1, 0.15) is 23.2 Å². The van der Waals surface area contributed by atoms with E-state index in [-0.39, 0.29) is 11.7 Å². The maximum atomic E-state index is 12.8. The quantitative estimate of drug-likeness (QED) is 0.783. The molecule has 0 bridgehead atoms. The summed E-state index contributed by atoms with van der Waals surface area (Å²) < 4.78 is 29.2. The lowest BCUT2D eigenvalue weighted by molar-refractivity contribution is 0.0951. The van der Waals surface area contributed by atoms with Crippen molar-refractivity contribution in [1.82, 2.24) is 5.32 Å². The largest absolute Gasteiger partial charge is 0.494 e. The summed E-state index contributed by atoms with van der Waals surface area (Å²) in [4.78, 5) is 12.1. The monoisotopic (exact) mass is 345 g/mol. The Kier molecular flexibility index (Phi) is 5.72. The lowest BCUT2D eigenvalue weighted by atomic mass is 10.1. The van der Waals surface area contributed by atoms with E-state index >= 15 is 0 Å². The van der Waals surface area contributed by atoms with Gasteiger partial charge in [-0.25, -0.2) is 4.39 Å². The minimum Gasteiger partial charge on any atom is -0.494 e. The number of carbonyl (C=O) groups is 1. The molecule has 1 heterocycles. The SMILES string of the molecule is O=C(NCCCCOc1ccc(F)cc1)c1ccc2c(c1)OCCO2.